The highest BCUT2D eigenvalue weighted by Crippen LogP contribution is 2.38. The zero-order chi connectivity index (χ0) is 21.6. The molecular weight excluding hydrogens is 403 g/mol. The molecule has 154 valence electrons. The summed E-state index contributed by atoms with van der Waals surface area (Å²) in [4.78, 5) is 51.1. The molecule has 0 aromatic heterocycles. The lowest BCUT2D eigenvalue weighted by Crippen LogP contribution is -2.53. The van der Waals surface area contributed by atoms with E-state index in [4.69, 9.17) is 0 Å². The van der Waals surface area contributed by atoms with E-state index < -0.39 is 48.8 Å². The van der Waals surface area contributed by atoms with Gasteiger partial charge in [-0.05, 0) is 24.3 Å². The summed E-state index contributed by atoms with van der Waals surface area (Å²) in [6.45, 7) is -0.887. The van der Waals surface area contributed by atoms with E-state index in [9.17, 15) is 32.3 Å². The fourth-order valence-corrected chi connectivity index (χ4v) is 3.59. The molecule has 1 unspecified atom stereocenters. The Bertz CT molecular complexity index is 1050. The van der Waals surface area contributed by atoms with Crippen molar-refractivity contribution in [2.45, 2.75) is 18.6 Å². The van der Waals surface area contributed by atoms with E-state index >= 15 is 0 Å². The first-order chi connectivity index (χ1) is 14.2. The number of nitrogens with zero attached hydrogens (tertiary/aromatic N) is 2. The zero-order valence-electron chi connectivity index (χ0n) is 15.3. The number of fused-ring (bicyclic) bond motifs is 2. The Hall–Kier alpha value is -3.69. The summed E-state index contributed by atoms with van der Waals surface area (Å²) >= 11 is 0. The number of halogens is 3. The van der Waals surface area contributed by atoms with Gasteiger partial charge in [0.15, 0.2) is 0 Å². The highest BCUT2D eigenvalue weighted by Gasteiger charge is 2.50. The minimum atomic E-state index is -4.91. The SMILES string of the molecule is O=C1CC(C(F)(F)F)N(C(=O)CN2C(=O)c3ccccc3C2=O)c2ccccc2N1. The summed E-state index contributed by atoms with van der Waals surface area (Å²) in [7, 11) is 0. The molecule has 10 heteroatoms. The Morgan fingerprint density at radius 3 is 2.13 bits per heavy atom. The molecule has 2 aliphatic rings. The van der Waals surface area contributed by atoms with Gasteiger partial charge in [-0.3, -0.25) is 29.0 Å². The number of para-hydroxylation sites is 2. The molecule has 1 N–H and O–H groups in total. The van der Waals surface area contributed by atoms with E-state index in [-0.39, 0.29) is 22.5 Å². The standard InChI is InChI=1S/C20H14F3N3O4/c21-20(22,23)15-9-16(27)24-13-7-3-4-8-14(13)26(15)17(28)10-25-18(29)11-5-1-2-6-12(11)19(25)30/h1-8,15H,9-10H2,(H,24,27). The molecule has 0 fully saturated rings. The number of hydrogen-bond donors (Lipinski definition) is 1. The smallest absolute Gasteiger partial charge is 0.324 e. The number of rotatable bonds is 2. The van der Waals surface area contributed by atoms with Gasteiger partial charge in [0, 0.05) is 0 Å². The third-order valence-corrected chi connectivity index (χ3v) is 4.95. The Balaban J connectivity index is 1.72. The van der Waals surface area contributed by atoms with Crippen LogP contribution < -0.4 is 10.2 Å². The van der Waals surface area contributed by atoms with Crippen molar-refractivity contribution in [3.8, 4) is 0 Å². The lowest BCUT2D eigenvalue weighted by atomic mass is 10.1. The third kappa shape index (κ3) is 3.19. The summed E-state index contributed by atoms with van der Waals surface area (Å²) < 4.78 is 41.3. The van der Waals surface area contributed by atoms with E-state index in [0.29, 0.717) is 9.80 Å². The number of carbonyl (C=O) groups is 4. The minimum Gasteiger partial charge on any atom is -0.324 e. The lowest BCUT2D eigenvalue weighted by molar-refractivity contribution is -0.157. The van der Waals surface area contributed by atoms with Crippen LogP contribution in [-0.4, -0.2) is 47.3 Å². The molecule has 2 aliphatic heterocycles. The van der Waals surface area contributed by atoms with Gasteiger partial charge in [-0.1, -0.05) is 24.3 Å². The molecule has 0 saturated heterocycles. The Kier molecular flexibility index (Phi) is 4.56. The van der Waals surface area contributed by atoms with Crippen molar-refractivity contribution in [1.29, 1.82) is 0 Å². The van der Waals surface area contributed by atoms with Gasteiger partial charge in [-0.15, -0.1) is 0 Å². The average molecular weight is 417 g/mol. The number of imide groups is 1. The monoisotopic (exact) mass is 417 g/mol. The minimum absolute atomic E-state index is 0.0324. The maximum Gasteiger partial charge on any atom is 0.409 e. The molecule has 0 radical (unpaired) electrons. The van der Waals surface area contributed by atoms with Crippen LogP contribution in [-0.2, 0) is 9.59 Å². The van der Waals surface area contributed by atoms with E-state index in [0.717, 1.165) is 0 Å². The largest absolute Gasteiger partial charge is 0.409 e. The molecule has 2 heterocycles. The number of amides is 4. The van der Waals surface area contributed by atoms with E-state index in [1.54, 1.807) is 0 Å². The quantitative estimate of drug-likeness (QED) is 0.761. The first-order valence-corrected chi connectivity index (χ1v) is 8.91. The Morgan fingerprint density at radius 2 is 1.53 bits per heavy atom. The van der Waals surface area contributed by atoms with Crippen molar-refractivity contribution in [1.82, 2.24) is 4.90 Å². The van der Waals surface area contributed by atoms with Crippen molar-refractivity contribution >= 4 is 35.0 Å². The van der Waals surface area contributed by atoms with Crippen molar-refractivity contribution in [2.24, 2.45) is 0 Å². The summed E-state index contributed by atoms with van der Waals surface area (Å²) in [5.41, 5.74) is 0.0313. The first kappa shape index (κ1) is 19.6. The predicted molar refractivity (Wildman–Crippen MR) is 98.8 cm³/mol. The van der Waals surface area contributed by atoms with Crippen LogP contribution in [0.1, 0.15) is 27.1 Å². The van der Waals surface area contributed by atoms with Crippen LogP contribution in [0, 0.1) is 0 Å². The molecule has 7 nitrogen and oxygen atoms in total. The third-order valence-electron chi connectivity index (χ3n) is 4.95. The second kappa shape index (κ2) is 6.97. The number of benzene rings is 2. The second-order valence-corrected chi connectivity index (χ2v) is 6.83. The molecule has 0 spiro atoms. The second-order valence-electron chi connectivity index (χ2n) is 6.83. The van der Waals surface area contributed by atoms with Crippen molar-refractivity contribution in [3.63, 3.8) is 0 Å². The molecule has 0 aliphatic carbocycles. The summed E-state index contributed by atoms with van der Waals surface area (Å²) in [6, 6.07) is 9.00. The molecule has 0 saturated carbocycles. The van der Waals surface area contributed by atoms with Gasteiger partial charge >= 0.3 is 6.18 Å². The fraction of sp³-hybridized carbons (Fsp3) is 0.200. The van der Waals surface area contributed by atoms with Gasteiger partial charge in [0.1, 0.15) is 12.6 Å². The van der Waals surface area contributed by atoms with Gasteiger partial charge in [-0.25, -0.2) is 0 Å². The van der Waals surface area contributed by atoms with E-state index in [2.05, 4.69) is 5.32 Å². The molecule has 0 bridgehead atoms. The number of alkyl halides is 3. The van der Waals surface area contributed by atoms with Crippen LogP contribution >= 0.6 is 0 Å². The summed E-state index contributed by atoms with van der Waals surface area (Å²) in [5, 5.41) is 2.35. The van der Waals surface area contributed by atoms with Crippen LogP contribution in [0.2, 0.25) is 0 Å². The average Bonchev–Trinajstić information content (AvgIpc) is 2.84. The van der Waals surface area contributed by atoms with Crippen LogP contribution in [0.25, 0.3) is 0 Å². The van der Waals surface area contributed by atoms with Crippen molar-refractivity contribution in [3.05, 3.63) is 59.7 Å². The summed E-state index contributed by atoms with van der Waals surface area (Å²) in [6.07, 6.45) is -5.92. The Morgan fingerprint density at radius 1 is 0.967 bits per heavy atom. The number of hydrogen-bond acceptors (Lipinski definition) is 4. The van der Waals surface area contributed by atoms with Gasteiger partial charge in [-0.2, -0.15) is 13.2 Å². The predicted octanol–water partition coefficient (Wildman–Crippen LogP) is 2.59. The van der Waals surface area contributed by atoms with Crippen molar-refractivity contribution < 1.29 is 32.3 Å². The van der Waals surface area contributed by atoms with Crippen LogP contribution in [0.15, 0.2) is 48.5 Å². The van der Waals surface area contributed by atoms with Crippen LogP contribution in [0.5, 0.6) is 0 Å². The van der Waals surface area contributed by atoms with Crippen LogP contribution in [0.3, 0.4) is 0 Å². The maximum absolute atomic E-state index is 13.8. The first-order valence-electron chi connectivity index (χ1n) is 8.91. The highest BCUT2D eigenvalue weighted by molar-refractivity contribution is 6.23. The lowest BCUT2D eigenvalue weighted by Gasteiger charge is -2.32. The van der Waals surface area contributed by atoms with Gasteiger partial charge in [0.2, 0.25) is 11.8 Å². The molecule has 1 atom stereocenters. The topological polar surface area (TPSA) is 86.8 Å². The number of carbonyl (C=O) groups excluding carboxylic acids is 4. The molecule has 2 aromatic rings. The van der Waals surface area contributed by atoms with Crippen LogP contribution in [0.4, 0.5) is 24.5 Å². The van der Waals surface area contributed by atoms with Gasteiger partial charge < -0.3 is 5.32 Å². The normalized spacial score (nSPS) is 18.6. The number of anilines is 2. The van der Waals surface area contributed by atoms with Gasteiger partial charge in [0.25, 0.3) is 11.8 Å². The maximum atomic E-state index is 13.8. The van der Waals surface area contributed by atoms with Crippen molar-refractivity contribution in [2.75, 3.05) is 16.8 Å². The Labute approximate surface area is 168 Å². The zero-order valence-corrected chi connectivity index (χ0v) is 15.3. The van der Waals surface area contributed by atoms with E-state index in [1.165, 1.54) is 48.5 Å². The van der Waals surface area contributed by atoms with Gasteiger partial charge in [0.05, 0.1) is 28.9 Å². The molecule has 4 amide bonds. The molecule has 4 rings (SSSR count). The van der Waals surface area contributed by atoms with E-state index in [1.807, 2.05) is 0 Å². The number of nitrogens with one attached hydrogen (secondary N) is 1. The summed E-state index contributed by atoms with van der Waals surface area (Å²) in [5.74, 6) is -3.55. The molecular formula is C20H14F3N3O4. The fourth-order valence-electron chi connectivity index (χ4n) is 3.59. The molecule has 2 aromatic carbocycles. The molecule has 30 heavy (non-hydrogen) atoms. The highest BCUT2D eigenvalue weighted by atomic mass is 19.4.